The van der Waals surface area contributed by atoms with Crippen LogP contribution in [0.1, 0.15) is 57.4 Å². The van der Waals surface area contributed by atoms with Gasteiger partial charge in [0.25, 0.3) is 0 Å². The zero-order chi connectivity index (χ0) is 17.7. The Balaban J connectivity index is 1.87. The minimum Gasteiger partial charge on any atom is -0.469 e. The first kappa shape index (κ1) is 17.3. The Morgan fingerprint density at radius 3 is 2.83 bits per heavy atom. The van der Waals surface area contributed by atoms with Crippen molar-refractivity contribution in [1.29, 1.82) is 0 Å². The summed E-state index contributed by atoms with van der Waals surface area (Å²) in [5.74, 6) is 0.853. The van der Waals surface area contributed by atoms with Crippen LogP contribution in [0.15, 0.2) is 22.3 Å². The molecule has 0 aliphatic heterocycles. The highest BCUT2D eigenvalue weighted by molar-refractivity contribution is 5.87. The van der Waals surface area contributed by atoms with Crippen molar-refractivity contribution < 1.29 is 19.1 Å². The van der Waals surface area contributed by atoms with Crippen molar-refractivity contribution in [3.63, 3.8) is 0 Å². The van der Waals surface area contributed by atoms with Crippen LogP contribution in [0.3, 0.4) is 0 Å². The number of furan rings is 1. The molecule has 4 heteroatoms. The van der Waals surface area contributed by atoms with Gasteiger partial charge in [0.05, 0.1) is 11.9 Å². The lowest BCUT2D eigenvalue weighted by Gasteiger charge is -2.56. The van der Waals surface area contributed by atoms with Gasteiger partial charge in [0.15, 0.2) is 0 Å². The Morgan fingerprint density at radius 2 is 2.17 bits per heavy atom. The molecule has 0 radical (unpaired) electrons. The van der Waals surface area contributed by atoms with Crippen molar-refractivity contribution in [2.24, 2.45) is 11.3 Å². The van der Waals surface area contributed by atoms with E-state index in [4.69, 9.17) is 9.15 Å². The fraction of sp³-hybridized carbons (Fsp3) is 0.650. The molecule has 132 valence electrons. The second kappa shape index (κ2) is 5.76. The summed E-state index contributed by atoms with van der Waals surface area (Å²) in [4.78, 5) is 12.1. The number of fused-ring (bicyclic) bond motifs is 2. The van der Waals surface area contributed by atoms with Crippen LogP contribution in [0.2, 0.25) is 0 Å². The zero-order valence-corrected chi connectivity index (χ0v) is 15.3. The summed E-state index contributed by atoms with van der Waals surface area (Å²) >= 11 is 0. The molecular weight excluding hydrogens is 304 g/mol. The number of allylic oxidation sites excluding steroid dienone is 1. The Morgan fingerprint density at radius 1 is 1.46 bits per heavy atom. The van der Waals surface area contributed by atoms with Gasteiger partial charge in [-0.2, -0.15) is 0 Å². The molecule has 1 aromatic heterocycles. The maximum absolute atomic E-state index is 12.1. The number of carbonyl (C=O) groups excluding carboxylic acids is 1. The summed E-state index contributed by atoms with van der Waals surface area (Å²) in [6, 6.07) is 0. The number of aliphatic hydroxyl groups is 1. The average molecular weight is 332 g/mol. The van der Waals surface area contributed by atoms with Gasteiger partial charge in [0, 0.05) is 23.8 Å². The van der Waals surface area contributed by atoms with Crippen molar-refractivity contribution >= 4 is 5.97 Å². The molecule has 4 nitrogen and oxygen atoms in total. The van der Waals surface area contributed by atoms with Crippen molar-refractivity contribution in [1.82, 2.24) is 0 Å². The largest absolute Gasteiger partial charge is 0.469 e. The highest BCUT2D eigenvalue weighted by Crippen LogP contribution is 2.55. The van der Waals surface area contributed by atoms with E-state index in [9.17, 15) is 9.90 Å². The van der Waals surface area contributed by atoms with Crippen LogP contribution in [-0.4, -0.2) is 22.8 Å². The molecule has 0 spiro atoms. The van der Waals surface area contributed by atoms with Gasteiger partial charge in [-0.05, 0) is 50.7 Å². The van der Waals surface area contributed by atoms with E-state index in [0.29, 0.717) is 18.4 Å². The second-order valence-corrected chi connectivity index (χ2v) is 7.96. The number of carbonyl (C=O) groups is 1. The maximum atomic E-state index is 12.1. The molecule has 24 heavy (non-hydrogen) atoms. The van der Waals surface area contributed by atoms with Crippen LogP contribution in [0.25, 0.3) is 0 Å². The van der Waals surface area contributed by atoms with E-state index >= 15 is 0 Å². The first-order valence-electron chi connectivity index (χ1n) is 8.82. The van der Waals surface area contributed by atoms with Crippen LogP contribution in [-0.2, 0) is 22.4 Å². The Labute approximate surface area is 143 Å². The molecule has 0 bridgehead atoms. The summed E-state index contributed by atoms with van der Waals surface area (Å²) in [6.45, 7) is 9.97. The number of hydrogen-bond donors (Lipinski definition) is 1. The highest BCUT2D eigenvalue weighted by atomic mass is 16.5. The molecule has 2 aliphatic rings. The molecule has 3 rings (SSSR count). The van der Waals surface area contributed by atoms with Gasteiger partial charge in [-0.25, -0.2) is 4.79 Å². The van der Waals surface area contributed by atoms with Gasteiger partial charge in [-0.3, -0.25) is 0 Å². The number of hydrogen-bond acceptors (Lipinski definition) is 4. The Hall–Kier alpha value is -1.55. The smallest absolute Gasteiger partial charge is 0.333 e. The fourth-order valence-electron chi connectivity index (χ4n) is 4.41. The molecule has 1 saturated carbocycles. The topological polar surface area (TPSA) is 59.7 Å². The Bertz CT molecular complexity index is 686. The lowest BCUT2D eigenvalue weighted by atomic mass is 9.52. The molecule has 0 saturated heterocycles. The molecule has 2 aliphatic carbocycles. The number of rotatable bonds is 2. The molecule has 1 heterocycles. The van der Waals surface area contributed by atoms with Crippen LogP contribution in [0.4, 0.5) is 0 Å². The normalized spacial score (nSPS) is 36.0. The van der Waals surface area contributed by atoms with E-state index in [1.807, 2.05) is 6.92 Å². The predicted octanol–water partition coefficient (Wildman–Crippen LogP) is 3.73. The standard InChI is InChI=1S/C20H28O4/c1-6-12(2)18(21)24-15-7-14(4)19(5)9-16-13(3)11-23-17(16)10-20(19,22)8-15/h6,11,14-15,22H,7-10H2,1-5H3/t14-,15+,19+,20-/m0/s1. The third-order valence-corrected chi connectivity index (χ3v) is 6.55. The summed E-state index contributed by atoms with van der Waals surface area (Å²) in [5, 5.41) is 11.5. The monoisotopic (exact) mass is 332 g/mol. The molecule has 0 amide bonds. The maximum Gasteiger partial charge on any atom is 0.333 e. The predicted molar refractivity (Wildman–Crippen MR) is 91.6 cm³/mol. The van der Waals surface area contributed by atoms with Gasteiger partial charge < -0.3 is 14.3 Å². The van der Waals surface area contributed by atoms with E-state index in [1.165, 1.54) is 5.56 Å². The van der Waals surface area contributed by atoms with Crippen LogP contribution < -0.4 is 0 Å². The highest BCUT2D eigenvalue weighted by Gasteiger charge is 2.58. The average Bonchev–Trinajstić information content (AvgIpc) is 2.85. The summed E-state index contributed by atoms with van der Waals surface area (Å²) in [7, 11) is 0. The first-order valence-corrected chi connectivity index (χ1v) is 8.82. The second-order valence-electron chi connectivity index (χ2n) is 7.96. The Kier molecular flexibility index (Phi) is 4.15. The lowest BCUT2D eigenvalue weighted by Crippen LogP contribution is -2.60. The molecule has 0 aromatic carbocycles. The van der Waals surface area contributed by atoms with E-state index in [0.717, 1.165) is 24.2 Å². The van der Waals surface area contributed by atoms with Crippen molar-refractivity contribution in [3.05, 3.63) is 34.8 Å². The minimum absolute atomic E-state index is 0.229. The van der Waals surface area contributed by atoms with E-state index in [2.05, 4.69) is 20.8 Å². The van der Waals surface area contributed by atoms with Gasteiger partial charge in [-0.15, -0.1) is 0 Å². The van der Waals surface area contributed by atoms with Gasteiger partial charge >= 0.3 is 5.97 Å². The van der Waals surface area contributed by atoms with Gasteiger partial charge in [0.1, 0.15) is 11.9 Å². The number of esters is 1. The molecule has 1 fully saturated rings. The zero-order valence-electron chi connectivity index (χ0n) is 15.3. The van der Waals surface area contributed by atoms with Gasteiger partial charge in [0.2, 0.25) is 0 Å². The summed E-state index contributed by atoms with van der Waals surface area (Å²) in [6.07, 6.45) is 5.85. The van der Waals surface area contributed by atoms with E-state index in [-0.39, 0.29) is 23.4 Å². The quantitative estimate of drug-likeness (QED) is 0.662. The molecule has 1 N–H and O–H groups in total. The molecular formula is C20H28O4. The lowest BCUT2D eigenvalue weighted by molar-refractivity contribution is -0.185. The van der Waals surface area contributed by atoms with E-state index in [1.54, 1.807) is 19.3 Å². The van der Waals surface area contributed by atoms with Crippen LogP contribution in [0.5, 0.6) is 0 Å². The third-order valence-electron chi connectivity index (χ3n) is 6.55. The fourth-order valence-corrected chi connectivity index (χ4v) is 4.41. The first-order chi connectivity index (χ1) is 11.2. The van der Waals surface area contributed by atoms with Crippen molar-refractivity contribution in [2.45, 2.75) is 72.0 Å². The van der Waals surface area contributed by atoms with Crippen molar-refractivity contribution in [2.75, 3.05) is 0 Å². The van der Waals surface area contributed by atoms with Crippen LogP contribution >= 0.6 is 0 Å². The van der Waals surface area contributed by atoms with E-state index < -0.39 is 5.60 Å². The number of aryl methyl sites for hydroxylation is 1. The third kappa shape index (κ3) is 2.52. The SMILES string of the molecule is CC=C(C)C(=O)O[C@@H]1C[C@H](C)[C@@]2(C)Cc3c(C)coc3C[C@@]2(O)C1. The summed E-state index contributed by atoms with van der Waals surface area (Å²) in [5.41, 5.74) is 1.88. The molecule has 0 unspecified atom stereocenters. The van der Waals surface area contributed by atoms with Crippen LogP contribution in [0, 0.1) is 18.3 Å². The van der Waals surface area contributed by atoms with Crippen molar-refractivity contribution in [3.8, 4) is 0 Å². The molecule has 1 aromatic rings. The minimum atomic E-state index is -0.906. The molecule has 4 atom stereocenters. The van der Waals surface area contributed by atoms with Gasteiger partial charge in [-0.1, -0.05) is 19.9 Å². The summed E-state index contributed by atoms with van der Waals surface area (Å²) < 4.78 is 11.3. The number of ether oxygens (including phenoxy) is 1.